The van der Waals surface area contributed by atoms with E-state index in [0.717, 1.165) is 9.37 Å². The first-order valence-electron chi connectivity index (χ1n) is 5.14. The molecule has 0 unspecified atom stereocenters. The maximum atomic E-state index is 13.6. The molecule has 0 radical (unpaired) electrons. The first-order chi connectivity index (χ1) is 8.58. The van der Waals surface area contributed by atoms with Crippen LogP contribution in [0.4, 0.5) is 4.39 Å². The third-order valence-electron chi connectivity index (χ3n) is 2.29. The second kappa shape index (κ2) is 5.54. The molecule has 0 spiro atoms. The van der Waals surface area contributed by atoms with Gasteiger partial charge in [-0.05, 0) is 30.3 Å². The molecule has 0 heterocycles. The molecular formula is C13H10BrFN2S. The van der Waals surface area contributed by atoms with Gasteiger partial charge in [-0.2, -0.15) is 0 Å². The van der Waals surface area contributed by atoms with Gasteiger partial charge < -0.3 is 5.73 Å². The Morgan fingerprint density at radius 2 is 1.89 bits per heavy atom. The van der Waals surface area contributed by atoms with Crippen LogP contribution in [-0.4, -0.2) is 5.84 Å². The highest BCUT2D eigenvalue weighted by Gasteiger charge is 2.10. The topological polar surface area (TPSA) is 49.9 Å². The zero-order valence-electron chi connectivity index (χ0n) is 9.28. The van der Waals surface area contributed by atoms with Crippen LogP contribution < -0.4 is 5.73 Å². The molecule has 92 valence electrons. The summed E-state index contributed by atoms with van der Waals surface area (Å²) in [5, 5.41) is 7.52. The summed E-state index contributed by atoms with van der Waals surface area (Å²) in [6.45, 7) is 0. The van der Waals surface area contributed by atoms with Crippen molar-refractivity contribution >= 4 is 33.5 Å². The Labute approximate surface area is 117 Å². The van der Waals surface area contributed by atoms with Crippen LogP contribution in [0.5, 0.6) is 0 Å². The lowest BCUT2D eigenvalue weighted by Gasteiger charge is -2.09. The molecule has 0 aliphatic rings. The van der Waals surface area contributed by atoms with Gasteiger partial charge in [0.2, 0.25) is 0 Å². The Morgan fingerprint density at radius 3 is 2.56 bits per heavy atom. The van der Waals surface area contributed by atoms with E-state index in [1.54, 1.807) is 24.3 Å². The van der Waals surface area contributed by atoms with Gasteiger partial charge in [-0.15, -0.1) is 0 Å². The maximum absolute atomic E-state index is 13.6. The number of amidine groups is 1. The van der Waals surface area contributed by atoms with Gasteiger partial charge in [0.25, 0.3) is 0 Å². The van der Waals surface area contributed by atoms with Gasteiger partial charge in [0.05, 0.1) is 0 Å². The first kappa shape index (κ1) is 13.1. The van der Waals surface area contributed by atoms with Crippen LogP contribution in [0, 0.1) is 11.2 Å². The molecule has 18 heavy (non-hydrogen) atoms. The van der Waals surface area contributed by atoms with Gasteiger partial charge in [0.15, 0.2) is 0 Å². The normalized spacial score (nSPS) is 10.3. The second-order valence-electron chi connectivity index (χ2n) is 3.59. The van der Waals surface area contributed by atoms with Gasteiger partial charge in [0.1, 0.15) is 11.7 Å². The van der Waals surface area contributed by atoms with Crippen LogP contribution in [0.1, 0.15) is 5.56 Å². The molecule has 0 aliphatic carbocycles. The van der Waals surface area contributed by atoms with Crippen molar-refractivity contribution < 1.29 is 4.39 Å². The largest absolute Gasteiger partial charge is 0.384 e. The van der Waals surface area contributed by atoms with Crippen molar-refractivity contribution in [3.63, 3.8) is 0 Å². The molecule has 5 heteroatoms. The lowest BCUT2D eigenvalue weighted by Crippen LogP contribution is -2.12. The fourth-order valence-electron chi connectivity index (χ4n) is 1.45. The lowest BCUT2D eigenvalue weighted by atomic mass is 10.2. The Balaban J connectivity index is 2.42. The third kappa shape index (κ3) is 2.91. The molecule has 0 saturated heterocycles. The SMILES string of the molecule is N=C(N)c1ccc(Br)cc1Sc1ccccc1F. The Morgan fingerprint density at radius 1 is 1.17 bits per heavy atom. The minimum absolute atomic E-state index is 0.0265. The molecule has 0 atom stereocenters. The summed E-state index contributed by atoms with van der Waals surface area (Å²) >= 11 is 4.62. The number of halogens is 2. The van der Waals surface area contributed by atoms with Gasteiger partial charge in [-0.3, -0.25) is 5.41 Å². The summed E-state index contributed by atoms with van der Waals surface area (Å²) in [5.41, 5.74) is 6.12. The molecule has 2 rings (SSSR count). The van der Waals surface area contributed by atoms with Gasteiger partial charge >= 0.3 is 0 Å². The Kier molecular flexibility index (Phi) is 4.04. The maximum Gasteiger partial charge on any atom is 0.137 e. The fraction of sp³-hybridized carbons (Fsp3) is 0. The van der Waals surface area contributed by atoms with E-state index in [1.165, 1.54) is 17.8 Å². The summed E-state index contributed by atoms with van der Waals surface area (Å²) in [5.74, 6) is -0.307. The van der Waals surface area contributed by atoms with E-state index in [2.05, 4.69) is 15.9 Å². The highest BCUT2D eigenvalue weighted by molar-refractivity contribution is 9.10. The predicted octanol–water partition coefficient (Wildman–Crippen LogP) is 4.02. The van der Waals surface area contributed by atoms with Gasteiger partial charge in [-0.1, -0.05) is 39.8 Å². The van der Waals surface area contributed by atoms with Crippen LogP contribution in [-0.2, 0) is 0 Å². The fourth-order valence-corrected chi connectivity index (χ4v) is 2.98. The number of nitrogens with two attached hydrogens (primary N) is 1. The summed E-state index contributed by atoms with van der Waals surface area (Å²) in [6.07, 6.45) is 0. The average molecular weight is 325 g/mol. The summed E-state index contributed by atoms with van der Waals surface area (Å²) in [4.78, 5) is 1.26. The monoisotopic (exact) mass is 324 g/mol. The van der Waals surface area contributed by atoms with Crippen LogP contribution in [0.3, 0.4) is 0 Å². The lowest BCUT2D eigenvalue weighted by molar-refractivity contribution is 0.602. The minimum atomic E-state index is -0.281. The van der Waals surface area contributed by atoms with E-state index < -0.39 is 0 Å². The van der Waals surface area contributed by atoms with Crippen molar-refractivity contribution in [1.82, 2.24) is 0 Å². The zero-order chi connectivity index (χ0) is 13.1. The predicted molar refractivity (Wildman–Crippen MR) is 75.7 cm³/mol. The van der Waals surface area contributed by atoms with Gasteiger partial charge in [-0.25, -0.2) is 4.39 Å². The molecule has 2 aromatic carbocycles. The van der Waals surface area contributed by atoms with Crippen molar-refractivity contribution in [1.29, 1.82) is 5.41 Å². The van der Waals surface area contributed by atoms with Crippen molar-refractivity contribution in [3.05, 3.63) is 58.3 Å². The van der Waals surface area contributed by atoms with Crippen molar-refractivity contribution in [3.8, 4) is 0 Å². The highest BCUT2D eigenvalue weighted by Crippen LogP contribution is 2.33. The molecule has 0 aliphatic heterocycles. The number of hydrogen-bond acceptors (Lipinski definition) is 2. The van der Waals surface area contributed by atoms with E-state index in [9.17, 15) is 4.39 Å². The van der Waals surface area contributed by atoms with Crippen molar-refractivity contribution in [2.75, 3.05) is 0 Å². The Bertz CT molecular complexity index is 601. The van der Waals surface area contributed by atoms with E-state index >= 15 is 0 Å². The van der Waals surface area contributed by atoms with Crippen molar-refractivity contribution in [2.45, 2.75) is 9.79 Å². The summed E-state index contributed by atoms with van der Waals surface area (Å²) in [6, 6.07) is 11.9. The second-order valence-corrected chi connectivity index (χ2v) is 5.59. The van der Waals surface area contributed by atoms with Crippen LogP contribution in [0.2, 0.25) is 0 Å². The minimum Gasteiger partial charge on any atom is -0.384 e. The number of nitrogens with one attached hydrogen (secondary N) is 1. The van der Waals surface area contributed by atoms with Gasteiger partial charge in [0, 0.05) is 19.8 Å². The molecular weight excluding hydrogens is 315 g/mol. The molecule has 0 aromatic heterocycles. The summed E-state index contributed by atoms with van der Waals surface area (Å²) in [7, 11) is 0. The molecule has 0 amide bonds. The van der Waals surface area contributed by atoms with Crippen LogP contribution >= 0.6 is 27.7 Å². The molecule has 0 saturated carbocycles. The molecule has 2 aromatic rings. The standard InChI is InChI=1S/C13H10BrFN2S/c14-8-5-6-9(13(16)17)12(7-8)18-11-4-2-1-3-10(11)15/h1-7H,(H3,16,17). The van der Waals surface area contributed by atoms with Crippen LogP contribution in [0.25, 0.3) is 0 Å². The average Bonchev–Trinajstić information content (AvgIpc) is 2.32. The summed E-state index contributed by atoms with van der Waals surface area (Å²) < 4.78 is 14.5. The van der Waals surface area contributed by atoms with E-state index in [4.69, 9.17) is 11.1 Å². The number of benzene rings is 2. The highest BCUT2D eigenvalue weighted by atomic mass is 79.9. The molecule has 2 nitrogen and oxygen atoms in total. The third-order valence-corrected chi connectivity index (χ3v) is 3.89. The van der Waals surface area contributed by atoms with E-state index in [1.807, 2.05) is 12.1 Å². The van der Waals surface area contributed by atoms with Crippen LogP contribution in [0.15, 0.2) is 56.7 Å². The number of nitrogen functional groups attached to an aromatic ring is 1. The zero-order valence-corrected chi connectivity index (χ0v) is 11.7. The van der Waals surface area contributed by atoms with E-state index in [0.29, 0.717) is 10.5 Å². The first-order valence-corrected chi connectivity index (χ1v) is 6.75. The quantitative estimate of drug-likeness (QED) is 0.661. The Hall–Kier alpha value is -1.33. The van der Waals surface area contributed by atoms with Crippen molar-refractivity contribution in [2.24, 2.45) is 5.73 Å². The molecule has 0 bridgehead atoms. The van der Waals surface area contributed by atoms with E-state index in [-0.39, 0.29) is 11.7 Å². The number of hydrogen-bond donors (Lipinski definition) is 2. The smallest absolute Gasteiger partial charge is 0.137 e. The molecule has 3 N–H and O–H groups in total. The number of rotatable bonds is 3. The molecule has 0 fully saturated rings.